The number of aryl methyl sites for hydroxylation is 2. The number of rotatable bonds is 6. The number of methoxy groups -OCH3 is 1. The topological polar surface area (TPSA) is 100 Å². The van der Waals surface area contributed by atoms with Crippen LogP contribution in [0.25, 0.3) is 11.5 Å². The molecule has 0 aliphatic carbocycles. The van der Waals surface area contributed by atoms with E-state index in [2.05, 4.69) is 15.3 Å². The fourth-order valence-electron chi connectivity index (χ4n) is 2.43. The molecule has 0 aliphatic rings. The van der Waals surface area contributed by atoms with Gasteiger partial charge in [0.25, 0.3) is 0 Å². The Labute approximate surface area is 145 Å². The van der Waals surface area contributed by atoms with Crippen molar-refractivity contribution < 1.29 is 17.6 Å². The van der Waals surface area contributed by atoms with E-state index in [1.54, 1.807) is 49.3 Å². The van der Waals surface area contributed by atoms with E-state index in [-0.39, 0.29) is 23.3 Å². The van der Waals surface area contributed by atoms with Gasteiger partial charge >= 0.3 is 0 Å². The van der Waals surface area contributed by atoms with E-state index in [0.29, 0.717) is 17.0 Å². The first-order chi connectivity index (χ1) is 11.9. The van der Waals surface area contributed by atoms with Gasteiger partial charge in [-0.1, -0.05) is 6.07 Å². The highest BCUT2D eigenvalue weighted by Gasteiger charge is 2.21. The third kappa shape index (κ3) is 4.05. The van der Waals surface area contributed by atoms with E-state index >= 15 is 0 Å². The quantitative estimate of drug-likeness (QED) is 0.660. The molecule has 0 fully saturated rings. The molecule has 8 nitrogen and oxygen atoms in total. The summed E-state index contributed by atoms with van der Waals surface area (Å²) in [6.45, 7) is 1.82. The van der Waals surface area contributed by atoms with Gasteiger partial charge < -0.3 is 9.15 Å². The predicted molar refractivity (Wildman–Crippen MR) is 90.6 cm³/mol. The van der Waals surface area contributed by atoms with E-state index < -0.39 is 9.84 Å². The molecular formula is C16H18N4O4S. The van der Waals surface area contributed by atoms with Gasteiger partial charge in [0.05, 0.1) is 18.6 Å². The Bertz CT molecular complexity index is 991. The molecule has 0 unspecified atom stereocenters. The molecule has 3 rings (SSSR count). The standard InChI is InChI=1S/C16H18N4O4S/c1-11-8-20(2)19-14(11)9-25(21,22)10-15-17-18-16(24-15)12-5-4-6-13(7-12)23-3/h4-8H,9-10H2,1-3H3. The van der Waals surface area contributed by atoms with E-state index in [0.717, 1.165) is 5.56 Å². The summed E-state index contributed by atoms with van der Waals surface area (Å²) in [5.41, 5.74) is 2.01. The second-order valence-corrected chi connectivity index (χ2v) is 7.76. The molecule has 0 atom stereocenters. The Morgan fingerprint density at radius 3 is 2.72 bits per heavy atom. The first-order valence-electron chi connectivity index (χ1n) is 7.52. The zero-order valence-electron chi connectivity index (χ0n) is 14.1. The highest BCUT2D eigenvalue weighted by Crippen LogP contribution is 2.23. The number of hydrogen-bond donors (Lipinski definition) is 0. The first kappa shape index (κ1) is 17.2. The number of aromatic nitrogens is 4. The van der Waals surface area contributed by atoms with Crippen molar-refractivity contribution in [1.29, 1.82) is 0 Å². The van der Waals surface area contributed by atoms with Crippen LogP contribution in [0.1, 0.15) is 17.1 Å². The normalized spacial score (nSPS) is 11.6. The molecular weight excluding hydrogens is 344 g/mol. The number of benzene rings is 1. The maximum absolute atomic E-state index is 12.4. The molecule has 0 spiro atoms. The summed E-state index contributed by atoms with van der Waals surface area (Å²) in [7, 11) is -0.164. The van der Waals surface area contributed by atoms with E-state index in [1.165, 1.54) is 0 Å². The van der Waals surface area contributed by atoms with Gasteiger partial charge in [-0.05, 0) is 30.7 Å². The second-order valence-electron chi connectivity index (χ2n) is 5.70. The maximum atomic E-state index is 12.4. The van der Waals surface area contributed by atoms with Crippen molar-refractivity contribution in [3.8, 4) is 17.2 Å². The van der Waals surface area contributed by atoms with Crippen molar-refractivity contribution in [3.05, 3.63) is 47.6 Å². The number of ether oxygens (including phenoxy) is 1. The average Bonchev–Trinajstić information content (AvgIpc) is 3.13. The van der Waals surface area contributed by atoms with Crippen LogP contribution in [0.3, 0.4) is 0 Å². The monoisotopic (exact) mass is 362 g/mol. The predicted octanol–water partition coefficient (Wildman–Crippen LogP) is 1.90. The third-order valence-electron chi connectivity index (χ3n) is 3.60. The molecule has 9 heteroatoms. The molecule has 0 saturated carbocycles. The van der Waals surface area contributed by atoms with Gasteiger partial charge in [0, 0.05) is 18.8 Å². The summed E-state index contributed by atoms with van der Waals surface area (Å²) in [6.07, 6.45) is 1.78. The van der Waals surface area contributed by atoms with Crippen molar-refractivity contribution in [2.75, 3.05) is 7.11 Å². The van der Waals surface area contributed by atoms with Crippen LogP contribution < -0.4 is 4.74 Å². The molecule has 0 bridgehead atoms. The van der Waals surface area contributed by atoms with Crippen LogP contribution >= 0.6 is 0 Å². The fourth-order valence-corrected chi connectivity index (χ4v) is 3.72. The summed E-state index contributed by atoms with van der Waals surface area (Å²) in [6, 6.07) is 7.10. The summed E-state index contributed by atoms with van der Waals surface area (Å²) >= 11 is 0. The molecule has 1 aromatic carbocycles. The molecule has 2 aromatic heterocycles. The number of nitrogens with zero attached hydrogens (tertiary/aromatic N) is 4. The molecule has 2 heterocycles. The van der Waals surface area contributed by atoms with Gasteiger partial charge in [-0.2, -0.15) is 5.10 Å². The summed E-state index contributed by atoms with van der Waals surface area (Å²) in [4.78, 5) is 0. The maximum Gasteiger partial charge on any atom is 0.247 e. The van der Waals surface area contributed by atoms with Gasteiger partial charge in [0.2, 0.25) is 11.8 Å². The van der Waals surface area contributed by atoms with Gasteiger partial charge in [-0.25, -0.2) is 8.42 Å². The third-order valence-corrected chi connectivity index (χ3v) is 5.00. The summed E-state index contributed by atoms with van der Waals surface area (Å²) in [5, 5.41) is 11.9. The van der Waals surface area contributed by atoms with Crippen LogP contribution in [0.2, 0.25) is 0 Å². The lowest BCUT2D eigenvalue weighted by molar-refractivity contribution is 0.414. The lowest BCUT2D eigenvalue weighted by atomic mass is 10.2. The second kappa shape index (κ2) is 6.67. The Hall–Kier alpha value is -2.68. The molecule has 132 valence electrons. The average molecular weight is 362 g/mol. The van der Waals surface area contributed by atoms with Crippen molar-refractivity contribution in [1.82, 2.24) is 20.0 Å². The van der Waals surface area contributed by atoms with Gasteiger partial charge in [-0.15, -0.1) is 10.2 Å². The SMILES string of the molecule is COc1cccc(-c2nnc(CS(=O)(=O)Cc3nn(C)cc3C)o2)c1. The Morgan fingerprint density at radius 2 is 2.04 bits per heavy atom. The molecule has 0 amide bonds. The van der Waals surface area contributed by atoms with Gasteiger partial charge in [0.15, 0.2) is 9.84 Å². The molecule has 0 radical (unpaired) electrons. The lowest BCUT2D eigenvalue weighted by Crippen LogP contribution is -2.09. The minimum Gasteiger partial charge on any atom is -0.497 e. The van der Waals surface area contributed by atoms with Crippen LogP contribution in [-0.4, -0.2) is 35.5 Å². The largest absolute Gasteiger partial charge is 0.497 e. The van der Waals surface area contributed by atoms with Crippen LogP contribution in [0.15, 0.2) is 34.9 Å². The highest BCUT2D eigenvalue weighted by molar-refractivity contribution is 7.89. The molecule has 3 aromatic rings. The Morgan fingerprint density at radius 1 is 1.24 bits per heavy atom. The van der Waals surface area contributed by atoms with Crippen molar-refractivity contribution in [2.24, 2.45) is 7.05 Å². The van der Waals surface area contributed by atoms with Crippen molar-refractivity contribution in [2.45, 2.75) is 18.4 Å². The zero-order valence-corrected chi connectivity index (χ0v) is 14.9. The van der Waals surface area contributed by atoms with Crippen LogP contribution in [0.5, 0.6) is 5.75 Å². The van der Waals surface area contributed by atoms with Crippen LogP contribution in [0.4, 0.5) is 0 Å². The zero-order chi connectivity index (χ0) is 18.0. The Balaban J connectivity index is 1.77. The summed E-state index contributed by atoms with van der Waals surface area (Å²) in [5.74, 6) is 0.441. The van der Waals surface area contributed by atoms with E-state index in [4.69, 9.17) is 9.15 Å². The van der Waals surface area contributed by atoms with Crippen molar-refractivity contribution in [3.63, 3.8) is 0 Å². The minimum atomic E-state index is -3.48. The minimum absolute atomic E-state index is 0.0476. The molecule has 25 heavy (non-hydrogen) atoms. The lowest BCUT2D eigenvalue weighted by Gasteiger charge is -2.01. The smallest absolute Gasteiger partial charge is 0.247 e. The highest BCUT2D eigenvalue weighted by atomic mass is 32.2. The van der Waals surface area contributed by atoms with E-state index in [9.17, 15) is 8.42 Å². The first-order valence-corrected chi connectivity index (χ1v) is 9.35. The fraction of sp³-hybridized carbons (Fsp3) is 0.312. The molecule has 0 N–H and O–H groups in total. The van der Waals surface area contributed by atoms with Gasteiger partial charge in [-0.3, -0.25) is 4.68 Å². The Kier molecular flexibility index (Phi) is 4.58. The van der Waals surface area contributed by atoms with Crippen LogP contribution in [0, 0.1) is 6.92 Å². The van der Waals surface area contributed by atoms with Gasteiger partial charge in [0.1, 0.15) is 11.5 Å². The number of sulfone groups is 1. The number of hydrogen-bond acceptors (Lipinski definition) is 7. The molecule has 0 saturated heterocycles. The van der Waals surface area contributed by atoms with Crippen LogP contribution in [-0.2, 0) is 28.4 Å². The summed E-state index contributed by atoms with van der Waals surface area (Å²) < 4.78 is 37.0. The molecule has 0 aliphatic heterocycles. The van der Waals surface area contributed by atoms with E-state index in [1.807, 2.05) is 6.92 Å². The van der Waals surface area contributed by atoms with Crippen molar-refractivity contribution >= 4 is 9.84 Å².